The van der Waals surface area contributed by atoms with E-state index in [4.69, 9.17) is 4.74 Å². The maximum atomic E-state index is 12.1. The predicted molar refractivity (Wildman–Crippen MR) is 96.7 cm³/mol. The summed E-state index contributed by atoms with van der Waals surface area (Å²) in [7, 11) is 0. The summed E-state index contributed by atoms with van der Waals surface area (Å²) < 4.78 is 6.87. The van der Waals surface area contributed by atoms with E-state index < -0.39 is 0 Å². The van der Waals surface area contributed by atoms with E-state index in [2.05, 4.69) is 40.3 Å². The first-order valence-corrected chi connectivity index (χ1v) is 8.90. The Morgan fingerprint density at radius 2 is 2.00 bits per heavy atom. The molecule has 0 spiro atoms. The lowest BCUT2D eigenvalue weighted by Crippen LogP contribution is -2.39. The molecular weight excluding hydrogens is 320 g/mol. The smallest absolute Gasteiger partial charge is 0.315 e. The van der Waals surface area contributed by atoms with Crippen molar-refractivity contribution in [3.63, 3.8) is 0 Å². The van der Waals surface area contributed by atoms with E-state index in [1.54, 1.807) is 11.3 Å². The van der Waals surface area contributed by atoms with Crippen LogP contribution in [0.5, 0.6) is 5.75 Å². The van der Waals surface area contributed by atoms with Crippen LogP contribution in [0.4, 0.5) is 4.79 Å². The number of amides is 2. The summed E-state index contributed by atoms with van der Waals surface area (Å²) in [6.07, 6.45) is 0.829. The first-order chi connectivity index (χ1) is 11.8. The van der Waals surface area contributed by atoms with Crippen LogP contribution in [0.1, 0.15) is 17.2 Å². The Bertz CT molecular complexity index is 874. The van der Waals surface area contributed by atoms with Crippen molar-refractivity contribution < 1.29 is 9.53 Å². The predicted octanol–water partition coefficient (Wildman–Crippen LogP) is 3.88. The first kappa shape index (κ1) is 15.0. The molecule has 122 valence electrons. The summed E-state index contributed by atoms with van der Waals surface area (Å²) in [5.74, 6) is 0.854. The van der Waals surface area contributed by atoms with Crippen LogP contribution in [0, 0.1) is 0 Å². The fourth-order valence-electron chi connectivity index (χ4n) is 3.03. The van der Waals surface area contributed by atoms with Gasteiger partial charge in [0.1, 0.15) is 12.4 Å². The van der Waals surface area contributed by atoms with Gasteiger partial charge in [0.25, 0.3) is 0 Å². The monoisotopic (exact) mass is 338 g/mol. The fourth-order valence-corrected chi connectivity index (χ4v) is 4.03. The molecule has 0 saturated carbocycles. The molecule has 0 aliphatic carbocycles. The molecule has 1 aliphatic heterocycles. The molecule has 0 radical (unpaired) electrons. The highest BCUT2D eigenvalue weighted by atomic mass is 32.1. The second-order valence-electron chi connectivity index (χ2n) is 5.81. The second kappa shape index (κ2) is 6.53. The number of thiophene rings is 1. The number of nitrogens with one attached hydrogen (secondary N) is 2. The number of hydrogen-bond acceptors (Lipinski definition) is 3. The minimum atomic E-state index is -0.153. The summed E-state index contributed by atoms with van der Waals surface area (Å²) in [5, 5.41) is 9.37. The van der Waals surface area contributed by atoms with Crippen LogP contribution in [0.25, 0.3) is 10.1 Å². The minimum Gasteiger partial charge on any atom is -0.491 e. The van der Waals surface area contributed by atoms with Gasteiger partial charge in [0.15, 0.2) is 0 Å². The molecule has 1 atom stereocenters. The van der Waals surface area contributed by atoms with Gasteiger partial charge in [0.2, 0.25) is 0 Å². The zero-order valence-corrected chi connectivity index (χ0v) is 13.9. The minimum absolute atomic E-state index is 0.0804. The highest BCUT2D eigenvalue weighted by molar-refractivity contribution is 7.17. The van der Waals surface area contributed by atoms with Crippen molar-refractivity contribution in [2.24, 2.45) is 0 Å². The van der Waals surface area contributed by atoms with Crippen LogP contribution in [0.2, 0.25) is 0 Å². The lowest BCUT2D eigenvalue weighted by molar-refractivity contribution is 0.232. The van der Waals surface area contributed by atoms with E-state index >= 15 is 0 Å². The van der Waals surface area contributed by atoms with Gasteiger partial charge in [-0.3, -0.25) is 0 Å². The molecule has 0 fully saturated rings. The SMILES string of the molecule is O=C(NCCc1csc2ccccc12)NC1COc2ccccc21. The van der Waals surface area contributed by atoms with Crippen molar-refractivity contribution in [1.82, 2.24) is 10.6 Å². The number of ether oxygens (including phenoxy) is 1. The van der Waals surface area contributed by atoms with Gasteiger partial charge in [-0.25, -0.2) is 4.79 Å². The largest absolute Gasteiger partial charge is 0.491 e. The number of para-hydroxylation sites is 1. The first-order valence-electron chi connectivity index (χ1n) is 8.02. The number of benzene rings is 2. The second-order valence-corrected chi connectivity index (χ2v) is 6.72. The molecule has 5 heteroatoms. The molecule has 2 amide bonds. The normalized spacial score (nSPS) is 15.8. The molecule has 24 heavy (non-hydrogen) atoms. The molecule has 0 bridgehead atoms. The Labute approximate surface area is 144 Å². The van der Waals surface area contributed by atoms with Gasteiger partial charge in [0, 0.05) is 16.8 Å². The van der Waals surface area contributed by atoms with Crippen molar-refractivity contribution in [1.29, 1.82) is 0 Å². The van der Waals surface area contributed by atoms with E-state index in [0.717, 1.165) is 17.7 Å². The zero-order valence-electron chi connectivity index (χ0n) is 13.1. The third-order valence-corrected chi connectivity index (χ3v) is 5.26. The van der Waals surface area contributed by atoms with Crippen molar-refractivity contribution in [2.75, 3.05) is 13.2 Å². The molecular formula is C19H18N2O2S. The molecule has 1 unspecified atom stereocenters. The van der Waals surface area contributed by atoms with E-state index in [1.807, 2.05) is 24.3 Å². The molecule has 4 rings (SSSR count). The average molecular weight is 338 g/mol. The van der Waals surface area contributed by atoms with E-state index in [9.17, 15) is 4.79 Å². The Hall–Kier alpha value is -2.53. The molecule has 0 saturated heterocycles. The quantitative estimate of drug-likeness (QED) is 0.758. The van der Waals surface area contributed by atoms with Crippen LogP contribution in [-0.4, -0.2) is 19.2 Å². The summed E-state index contributed by atoms with van der Waals surface area (Å²) in [6.45, 7) is 1.10. The van der Waals surface area contributed by atoms with Gasteiger partial charge in [-0.1, -0.05) is 36.4 Å². The molecule has 1 aromatic heterocycles. The third kappa shape index (κ3) is 2.95. The lowest BCUT2D eigenvalue weighted by atomic mass is 10.1. The van der Waals surface area contributed by atoms with Gasteiger partial charge in [-0.05, 0) is 34.9 Å². The maximum absolute atomic E-state index is 12.1. The highest BCUT2D eigenvalue weighted by Gasteiger charge is 2.24. The van der Waals surface area contributed by atoms with Gasteiger partial charge in [-0.15, -0.1) is 11.3 Å². The van der Waals surface area contributed by atoms with Crippen LogP contribution >= 0.6 is 11.3 Å². The highest BCUT2D eigenvalue weighted by Crippen LogP contribution is 2.31. The van der Waals surface area contributed by atoms with Crippen LogP contribution < -0.4 is 15.4 Å². The number of carbonyl (C=O) groups excluding carboxylic acids is 1. The summed E-state index contributed by atoms with van der Waals surface area (Å²) in [6, 6.07) is 15.9. The van der Waals surface area contributed by atoms with Crippen LogP contribution in [0.3, 0.4) is 0 Å². The average Bonchev–Trinajstić information content (AvgIpc) is 3.20. The van der Waals surface area contributed by atoms with E-state index in [-0.39, 0.29) is 12.1 Å². The zero-order chi connectivity index (χ0) is 16.4. The summed E-state index contributed by atoms with van der Waals surface area (Å²) >= 11 is 1.75. The Morgan fingerprint density at radius 1 is 1.17 bits per heavy atom. The molecule has 2 N–H and O–H groups in total. The number of carbonyl (C=O) groups is 1. The van der Waals surface area contributed by atoms with Gasteiger partial charge >= 0.3 is 6.03 Å². The Balaban J connectivity index is 1.31. The Kier molecular flexibility index (Phi) is 4.09. The van der Waals surface area contributed by atoms with E-state index in [0.29, 0.717) is 13.2 Å². The van der Waals surface area contributed by atoms with Gasteiger partial charge in [0.05, 0.1) is 6.04 Å². The van der Waals surface area contributed by atoms with Gasteiger partial charge in [-0.2, -0.15) is 0 Å². The fraction of sp³-hybridized carbons (Fsp3) is 0.211. The van der Waals surface area contributed by atoms with Crippen molar-refractivity contribution >= 4 is 27.5 Å². The standard InChI is InChI=1S/C19H18N2O2S/c22-19(21-16-11-23-17-7-3-1-6-15(16)17)20-10-9-13-12-24-18-8-4-2-5-14(13)18/h1-8,12,16H,9-11H2,(H2,20,21,22). The summed E-state index contributed by atoms with van der Waals surface area (Å²) in [4.78, 5) is 12.1. The molecule has 2 heterocycles. The van der Waals surface area contributed by atoms with Crippen molar-refractivity contribution in [3.8, 4) is 5.75 Å². The molecule has 2 aromatic carbocycles. The maximum Gasteiger partial charge on any atom is 0.315 e. The molecule has 3 aromatic rings. The van der Waals surface area contributed by atoms with Crippen LogP contribution in [0.15, 0.2) is 53.9 Å². The third-order valence-electron chi connectivity index (χ3n) is 4.25. The van der Waals surface area contributed by atoms with E-state index in [1.165, 1.54) is 15.6 Å². The van der Waals surface area contributed by atoms with Crippen LogP contribution in [-0.2, 0) is 6.42 Å². The van der Waals surface area contributed by atoms with Gasteiger partial charge < -0.3 is 15.4 Å². The lowest BCUT2D eigenvalue weighted by Gasteiger charge is -2.12. The number of fused-ring (bicyclic) bond motifs is 2. The van der Waals surface area contributed by atoms with Crippen molar-refractivity contribution in [2.45, 2.75) is 12.5 Å². The molecule has 4 nitrogen and oxygen atoms in total. The molecule has 1 aliphatic rings. The summed E-state index contributed by atoms with van der Waals surface area (Å²) in [5.41, 5.74) is 2.32. The number of rotatable bonds is 4. The van der Waals surface area contributed by atoms with Crippen molar-refractivity contribution in [3.05, 3.63) is 65.0 Å². The topological polar surface area (TPSA) is 50.4 Å². The Morgan fingerprint density at radius 3 is 2.96 bits per heavy atom. The number of urea groups is 1. The number of hydrogen-bond donors (Lipinski definition) is 2.